The molecule has 0 atom stereocenters. The van der Waals surface area contributed by atoms with Crippen molar-refractivity contribution in [3.8, 4) is 0 Å². The van der Waals surface area contributed by atoms with Crippen molar-refractivity contribution in [3.05, 3.63) is 51.2 Å². The van der Waals surface area contributed by atoms with Crippen LogP contribution in [0.15, 0.2) is 40.6 Å². The van der Waals surface area contributed by atoms with Gasteiger partial charge in [0.25, 0.3) is 0 Å². The molecule has 0 radical (unpaired) electrons. The summed E-state index contributed by atoms with van der Waals surface area (Å²) in [6.45, 7) is 3.51. The van der Waals surface area contributed by atoms with Crippen molar-refractivity contribution >= 4 is 33.0 Å². The second kappa shape index (κ2) is 7.14. The Morgan fingerprint density at radius 1 is 1.29 bits per heavy atom. The first-order chi connectivity index (χ1) is 11.4. The fourth-order valence-electron chi connectivity index (χ4n) is 2.91. The van der Waals surface area contributed by atoms with E-state index in [1.165, 1.54) is 10.9 Å². The quantitative estimate of drug-likeness (QED) is 0.853. The summed E-state index contributed by atoms with van der Waals surface area (Å²) >= 11 is 7.74. The molecule has 0 saturated carbocycles. The lowest BCUT2D eigenvalue weighted by Gasteiger charge is -2.36. The number of ether oxygens (including phenoxy) is 1. The van der Waals surface area contributed by atoms with Gasteiger partial charge in [-0.2, -0.15) is 0 Å². The summed E-state index contributed by atoms with van der Waals surface area (Å²) < 4.78 is 33.6. The van der Waals surface area contributed by atoms with Crippen LogP contribution in [0, 0.1) is 6.92 Å². The van der Waals surface area contributed by atoms with Gasteiger partial charge < -0.3 is 4.74 Å². The lowest BCUT2D eigenvalue weighted by molar-refractivity contribution is 0.0529. The summed E-state index contributed by atoms with van der Waals surface area (Å²) in [5.41, 5.74) is 0.656. The van der Waals surface area contributed by atoms with E-state index in [0.29, 0.717) is 24.8 Å². The van der Waals surface area contributed by atoms with Crippen LogP contribution in [0.1, 0.15) is 23.3 Å². The number of aryl methyl sites for hydroxylation is 1. The van der Waals surface area contributed by atoms with Gasteiger partial charge >= 0.3 is 0 Å². The molecule has 0 aliphatic carbocycles. The van der Waals surface area contributed by atoms with E-state index in [-0.39, 0.29) is 10.3 Å². The largest absolute Gasteiger partial charge is 0.381 e. The topological polar surface area (TPSA) is 55.4 Å². The maximum Gasteiger partial charge on any atom is 0.240 e. The molecule has 1 aromatic carbocycles. The third kappa shape index (κ3) is 3.68. The number of hydrogen-bond acceptors (Lipinski definition) is 4. The van der Waals surface area contributed by atoms with Crippen LogP contribution in [0.2, 0.25) is 5.02 Å². The number of nitrogens with one attached hydrogen (secondary N) is 1. The molecular formula is C17H20ClNO3S2. The van der Waals surface area contributed by atoms with Gasteiger partial charge in [0, 0.05) is 35.1 Å². The van der Waals surface area contributed by atoms with E-state index in [2.05, 4.69) is 10.8 Å². The van der Waals surface area contributed by atoms with Gasteiger partial charge in [0.2, 0.25) is 10.0 Å². The molecule has 3 rings (SSSR count). The van der Waals surface area contributed by atoms with Gasteiger partial charge in [-0.3, -0.25) is 0 Å². The molecule has 1 aliphatic heterocycles. The van der Waals surface area contributed by atoms with Crippen LogP contribution in [-0.4, -0.2) is 28.2 Å². The summed E-state index contributed by atoms with van der Waals surface area (Å²) in [6.07, 6.45) is 1.62. The number of halogens is 1. The molecule has 1 aliphatic rings. The van der Waals surface area contributed by atoms with Gasteiger partial charge in [0.05, 0.1) is 4.90 Å². The maximum atomic E-state index is 12.7. The van der Waals surface area contributed by atoms with Gasteiger partial charge in [-0.1, -0.05) is 23.7 Å². The molecule has 4 nitrogen and oxygen atoms in total. The summed E-state index contributed by atoms with van der Waals surface area (Å²) in [7, 11) is -3.60. The van der Waals surface area contributed by atoms with Crippen LogP contribution in [0.3, 0.4) is 0 Å². The Bertz CT molecular complexity index is 797. The van der Waals surface area contributed by atoms with Crippen molar-refractivity contribution in [2.75, 3.05) is 19.8 Å². The van der Waals surface area contributed by atoms with Crippen molar-refractivity contribution in [1.29, 1.82) is 0 Å². The Morgan fingerprint density at radius 3 is 2.67 bits per heavy atom. The third-order valence-corrected chi connectivity index (χ3v) is 7.47. The highest BCUT2D eigenvalue weighted by atomic mass is 35.5. The van der Waals surface area contributed by atoms with E-state index in [0.717, 1.165) is 18.4 Å². The van der Waals surface area contributed by atoms with Gasteiger partial charge in [-0.15, -0.1) is 11.3 Å². The Morgan fingerprint density at radius 2 is 2.04 bits per heavy atom. The Kier molecular flexibility index (Phi) is 5.32. The zero-order valence-corrected chi connectivity index (χ0v) is 15.8. The molecule has 2 aromatic rings. The monoisotopic (exact) mass is 385 g/mol. The van der Waals surface area contributed by atoms with Crippen LogP contribution in [0.4, 0.5) is 0 Å². The van der Waals surface area contributed by atoms with E-state index in [1.54, 1.807) is 23.5 Å². The first-order valence-corrected chi connectivity index (χ1v) is 10.5. The minimum Gasteiger partial charge on any atom is -0.381 e. The number of rotatable bonds is 5. The van der Waals surface area contributed by atoms with Crippen LogP contribution in [0.25, 0.3) is 0 Å². The normalized spacial score (nSPS) is 17.8. The summed E-state index contributed by atoms with van der Waals surface area (Å²) in [4.78, 5) is 1.40. The zero-order chi connectivity index (χ0) is 17.2. The van der Waals surface area contributed by atoms with Gasteiger partial charge in [-0.25, -0.2) is 13.1 Å². The molecule has 1 aromatic heterocycles. The second-order valence-electron chi connectivity index (χ2n) is 6.11. The Hall–Kier alpha value is -0.920. The van der Waals surface area contributed by atoms with E-state index in [1.807, 2.05) is 18.4 Å². The minimum atomic E-state index is -3.60. The van der Waals surface area contributed by atoms with Crippen molar-refractivity contribution in [3.63, 3.8) is 0 Å². The standard InChI is InChI=1S/C17H20ClNO3S2/c1-13-4-5-14(11-15(13)18)24(20,21)19-12-17(6-8-22-9-7-17)16-3-2-10-23-16/h2-5,10-11,19H,6-9,12H2,1H3. The van der Waals surface area contributed by atoms with Gasteiger partial charge in [0.1, 0.15) is 0 Å². The minimum absolute atomic E-state index is 0.200. The first-order valence-electron chi connectivity index (χ1n) is 7.81. The van der Waals surface area contributed by atoms with Gasteiger partial charge in [0.15, 0.2) is 0 Å². The molecule has 0 spiro atoms. The predicted octanol–water partition coefficient (Wildman–Crippen LogP) is 3.74. The van der Waals surface area contributed by atoms with Crippen molar-refractivity contribution < 1.29 is 13.2 Å². The number of hydrogen-bond donors (Lipinski definition) is 1. The van der Waals surface area contributed by atoms with Crippen LogP contribution in [-0.2, 0) is 20.2 Å². The molecule has 24 heavy (non-hydrogen) atoms. The second-order valence-corrected chi connectivity index (χ2v) is 9.23. The molecule has 2 heterocycles. The smallest absolute Gasteiger partial charge is 0.240 e. The number of sulfonamides is 1. The average Bonchev–Trinajstić information content (AvgIpc) is 3.12. The van der Waals surface area contributed by atoms with Crippen LogP contribution >= 0.6 is 22.9 Å². The molecule has 0 bridgehead atoms. The van der Waals surface area contributed by atoms with Gasteiger partial charge in [-0.05, 0) is 48.9 Å². The van der Waals surface area contributed by atoms with E-state index < -0.39 is 10.0 Å². The zero-order valence-electron chi connectivity index (χ0n) is 13.4. The number of benzene rings is 1. The maximum absolute atomic E-state index is 12.7. The Labute approximate surface area is 151 Å². The molecule has 1 fully saturated rings. The molecule has 1 N–H and O–H groups in total. The molecule has 0 amide bonds. The predicted molar refractivity (Wildman–Crippen MR) is 97.4 cm³/mol. The fourth-order valence-corrected chi connectivity index (χ4v) is 5.30. The van der Waals surface area contributed by atoms with E-state index >= 15 is 0 Å². The average molecular weight is 386 g/mol. The molecule has 7 heteroatoms. The molecule has 1 saturated heterocycles. The lowest BCUT2D eigenvalue weighted by Crippen LogP contribution is -2.44. The summed E-state index contributed by atoms with van der Waals surface area (Å²) in [5.74, 6) is 0. The Balaban J connectivity index is 1.82. The van der Waals surface area contributed by atoms with Crippen molar-refractivity contribution in [2.24, 2.45) is 0 Å². The van der Waals surface area contributed by atoms with E-state index in [9.17, 15) is 8.42 Å². The van der Waals surface area contributed by atoms with Crippen LogP contribution < -0.4 is 4.72 Å². The van der Waals surface area contributed by atoms with E-state index in [4.69, 9.17) is 16.3 Å². The fraction of sp³-hybridized carbons (Fsp3) is 0.412. The van der Waals surface area contributed by atoms with Crippen LogP contribution in [0.5, 0.6) is 0 Å². The summed E-state index contributed by atoms with van der Waals surface area (Å²) in [6, 6.07) is 8.89. The first kappa shape index (κ1) is 17.9. The molecular weight excluding hydrogens is 366 g/mol. The highest BCUT2D eigenvalue weighted by molar-refractivity contribution is 7.89. The third-order valence-electron chi connectivity index (χ3n) is 4.55. The molecule has 130 valence electrons. The SMILES string of the molecule is Cc1ccc(S(=O)(=O)NCC2(c3cccs3)CCOCC2)cc1Cl. The number of thiophene rings is 1. The highest BCUT2D eigenvalue weighted by Crippen LogP contribution is 2.37. The molecule has 0 unspecified atom stereocenters. The highest BCUT2D eigenvalue weighted by Gasteiger charge is 2.36. The van der Waals surface area contributed by atoms with Crippen molar-refractivity contribution in [1.82, 2.24) is 4.72 Å². The summed E-state index contributed by atoms with van der Waals surface area (Å²) in [5, 5.41) is 2.48. The van der Waals surface area contributed by atoms with Crippen molar-refractivity contribution in [2.45, 2.75) is 30.1 Å². The lowest BCUT2D eigenvalue weighted by atomic mass is 9.79.